The van der Waals surface area contributed by atoms with Gasteiger partial charge in [0.1, 0.15) is 0 Å². The maximum Gasteiger partial charge on any atom is 0.266 e. The van der Waals surface area contributed by atoms with Crippen LogP contribution in [0.1, 0.15) is 71.1 Å². The molecule has 0 radical (unpaired) electrons. The zero-order chi connectivity index (χ0) is 17.4. The first-order valence-corrected chi connectivity index (χ1v) is 10.5. The van der Waals surface area contributed by atoms with Crippen LogP contribution in [-0.4, -0.2) is 44.3 Å². The van der Waals surface area contributed by atoms with Gasteiger partial charge in [0.15, 0.2) is 0 Å². The first kappa shape index (κ1) is 22.3. The van der Waals surface area contributed by atoms with Crippen molar-refractivity contribution in [3.63, 3.8) is 0 Å². The van der Waals surface area contributed by atoms with E-state index in [4.69, 9.17) is 4.55 Å². The Kier molecular flexibility index (Phi) is 14.5. The summed E-state index contributed by atoms with van der Waals surface area (Å²) in [7, 11) is -3.83. The molecular weight excluding hydrogens is 316 g/mol. The molecule has 0 bridgehead atoms. The van der Waals surface area contributed by atoms with Gasteiger partial charge in [-0.25, -0.2) is 0 Å². The lowest BCUT2D eigenvalue weighted by atomic mass is 10.1. The summed E-state index contributed by atoms with van der Waals surface area (Å²) in [4.78, 5) is 11.2. The molecule has 0 atom stereocenters. The molecule has 1 amide bonds. The predicted octanol–water partition coefficient (Wildman–Crippen LogP) is 2.50. The lowest BCUT2D eigenvalue weighted by Gasteiger charge is -2.04. The van der Waals surface area contributed by atoms with Crippen molar-refractivity contribution >= 4 is 16.0 Å². The van der Waals surface area contributed by atoms with Crippen molar-refractivity contribution in [2.75, 3.05) is 25.4 Å². The zero-order valence-corrected chi connectivity index (χ0v) is 15.3. The molecule has 0 saturated carbocycles. The van der Waals surface area contributed by atoms with Gasteiger partial charge in [0.2, 0.25) is 5.91 Å². The molecule has 0 aliphatic rings. The highest BCUT2D eigenvalue weighted by molar-refractivity contribution is 7.85. The van der Waals surface area contributed by atoms with Crippen LogP contribution in [0.25, 0.3) is 0 Å². The van der Waals surface area contributed by atoms with Crippen LogP contribution in [0, 0.1) is 0 Å². The second-order valence-corrected chi connectivity index (χ2v) is 7.49. The fraction of sp³-hybridized carbons (Fsp3) is 0.938. The quantitative estimate of drug-likeness (QED) is 0.294. The van der Waals surface area contributed by atoms with Gasteiger partial charge in [0, 0.05) is 19.5 Å². The molecule has 0 saturated heterocycles. The Bertz CT molecular complexity index is 386. The van der Waals surface area contributed by atoms with Crippen molar-refractivity contribution in [2.45, 2.75) is 71.1 Å². The van der Waals surface area contributed by atoms with E-state index in [-0.39, 0.29) is 11.7 Å². The van der Waals surface area contributed by atoms with Gasteiger partial charge in [-0.15, -0.1) is 0 Å². The van der Waals surface area contributed by atoms with E-state index in [0.717, 1.165) is 38.8 Å². The number of carbonyl (C=O) groups is 1. The molecule has 138 valence electrons. The summed E-state index contributed by atoms with van der Waals surface area (Å²) in [6.45, 7) is 3.77. The van der Waals surface area contributed by atoms with Crippen molar-refractivity contribution in [1.82, 2.24) is 10.6 Å². The number of nitrogens with one attached hydrogen (secondary N) is 2. The number of amides is 1. The monoisotopic (exact) mass is 350 g/mol. The van der Waals surface area contributed by atoms with Gasteiger partial charge in [-0.05, 0) is 26.3 Å². The van der Waals surface area contributed by atoms with Gasteiger partial charge in [0.25, 0.3) is 10.1 Å². The minimum absolute atomic E-state index is 0.165. The van der Waals surface area contributed by atoms with Crippen LogP contribution in [0.4, 0.5) is 0 Å². The number of hydrogen-bond donors (Lipinski definition) is 3. The fourth-order valence-electron chi connectivity index (χ4n) is 2.38. The third kappa shape index (κ3) is 19.3. The van der Waals surface area contributed by atoms with Crippen LogP contribution in [0.15, 0.2) is 0 Å². The maximum absolute atomic E-state index is 11.2. The molecule has 0 aromatic heterocycles. The van der Waals surface area contributed by atoms with Crippen LogP contribution >= 0.6 is 0 Å². The van der Waals surface area contributed by atoms with Gasteiger partial charge < -0.3 is 10.6 Å². The number of hydrogen-bond acceptors (Lipinski definition) is 4. The highest BCUT2D eigenvalue weighted by Crippen LogP contribution is 2.10. The molecule has 0 aromatic rings. The predicted molar refractivity (Wildman–Crippen MR) is 94.1 cm³/mol. The van der Waals surface area contributed by atoms with Crippen molar-refractivity contribution in [1.29, 1.82) is 0 Å². The number of unbranched alkanes of at least 4 members (excludes halogenated alkanes) is 8. The van der Waals surface area contributed by atoms with E-state index < -0.39 is 10.1 Å². The highest BCUT2D eigenvalue weighted by atomic mass is 32.2. The molecule has 0 rings (SSSR count). The topological polar surface area (TPSA) is 95.5 Å². The van der Waals surface area contributed by atoms with Crippen molar-refractivity contribution in [2.24, 2.45) is 0 Å². The molecular formula is C16H34N2O4S. The van der Waals surface area contributed by atoms with Crippen molar-refractivity contribution < 1.29 is 17.8 Å². The summed E-state index contributed by atoms with van der Waals surface area (Å²) in [5.74, 6) is -0.0506. The van der Waals surface area contributed by atoms with Gasteiger partial charge in [-0.2, -0.15) is 8.42 Å². The summed E-state index contributed by atoms with van der Waals surface area (Å²) in [5, 5.41) is 5.82. The molecule has 0 unspecified atom stereocenters. The summed E-state index contributed by atoms with van der Waals surface area (Å²) < 4.78 is 29.5. The lowest BCUT2D eigenvalue weighted by molar-refractivity contribution is -0.121. The summed E-state index contributed by atoms with van der Waals surface area (Å²) in [6, 6.07) is 0. The summed E-state index contributed by atoms with van der Waals surface area (Å²) in [6.07, 6.45) is 11.1. The number of rotatable bonds is 16. The molecule has 0 aromatic carbocycles. The molecule has 7 heteroatoms. The zero-order valence-electron chi connectivity index (χ0n) is 14.5. The second kappa shape index (κ2) is 14.9. The molecule has 0 aliphatic heterocycles. The fourth-order valence-corrected chi connectivity index (χ4v) is 2.79. The molecule has 0 spiro atoms. The van der Waals surface area contributed by atoms with E-state index in [1.807, 2.05) is 6.92 Å². The van der Waals surface area contributed by atoms with E-state index in [1.54, 1.807) is 0 Å². The van der Waals surface area contributed by atoms with Gasteiger partial charge in [0.05, 0.1) is 5.75 Å². The molecule has 0 aliphatic carbocycles. The summed E-state index contributed by atoms with van der Waals surface area (Å²) >= 11 is 0. The Labute approximate surface area is 141 Å². The standard InChI is InChI=1S/C16H34N2O4S/c1-2-18-16(19)12-10-8-6-4-3-5-7-9-11-13-17-14-15-23(20,21)22/h17H,2-15H2,1H3,(H,18,19)(H,20,21,22). The van der Waals surface area contributed by atoms with E-state index in [1.165, 1.54) is 32.1 Å². The van der Waals surface area contributed by atoms with E-state index in [2.05, 4.69) is 10.6 Å². The normalized spacial score (nSPS) is 11.6. The van der Waals surface area contributed by atoms with Crippen LogP contribution < -0.4 is 10.6 Å². The summed E-state index contributed by atoms with van der Waals surface area (Å²) in [5.41, 5.74) is 0. The molecule has 23 heavy (non-hydrogen) atoms. The second-order valence-electron chi connectivity index (χ2n) is 5.92. The SMILES string of the molecule is CCNC(=O)CCCCCCCCCCCNCCS(=O)(=O)O. The minimum atomic E-state index is -3.83. The Morgan fingerprint density at radius 2 is 1.39 bits per heavy atom. The van der Waals surface area contributed by atoms with Crippen molar-refractivity contribution in [3.8, 4) is 0 Å². The van der Waals surface area contributed by atoms with Crippen LogP contribution in [-0.2, 0) is 14.9 Å². The Morgan fingerprint density at radius 3 is 1.91 bits per heavy atom. The first-order valence-electron chi connectivity index (χ1n) is 8.88. The van der Waals surface area contributed by atoms with Gasteiger partial charge in [-0.3, -0.25) is 9.35 Å². The molecule has 6 nitrogen and oxygen atoms in total. The Hall–Kier alpha value is -0.660. The molecule has 0 fully saturated rings. The number of carbonyl (C=O) groups excluding carboxylic acids is 1. The van der Waals surface area contributed by atoms with Crippen LogP contribution in [0.2, 0.25) is 0 Å². The molecule has 3 N–H and O–H groups in total. The van der Waals surface area contributed by atoms with E-state index >= 15 is 0 Å². The molecule has 0 heterocycles. The average molecular weight is 351 g/mol. The largest absolute Gasteiger partial charge is 0.356 e. The van der Waals surface area contributed by atoms with Gasteiger partial charge in [-0.1, -0.05) is 44.9 Å². The van der Waals surface area contributed by atoms with Crippen LogP contribution in [0.5, 0.6) is 0 Å². The third-order valence-corrected chi connectivity index (χ3v) is 4.39. The average Bonchev–Trinajstić information content (AvgIpc) is 2.46. The Morgan fingerprint density at radius 1 is 0.870 bits per heavy atom. The smallest absolute Gasteiger partial charge is 0.266 e. The maximum atomic E-state index is 11.2. The minimum Gasteiger partial charge on any atom is -0.356 e. The third-order valence-electron chi connectivity index (χ3n) is 3.67. The van der Waals surface area contributed by atoms with Crippen molar-refractivity contribution in [3.05, 3.63) is 0 Å². The van der Waals surface area contributed by atoms with Crippen LogP contribution in [0.3, 0.4) is 0 Å². The lowest BCUT2D eigenvalue weighted by Crippen LogP contribution is -2.23. The van der Waals surface area contributed by atoms with Gasteiger partial charge >= 0.3 is 0 Å². The first-order chi connectivity index (χ1) is 11.0. The highest BCUT2D eigenvalue weighted by Gasteiger charge is 2.02. The van der Waals surface area contributed by atoms with E-state index in [0.29, 0.717) is 13.0 Å². The Balaban J connectivity index is 3.12. The van der Waals surface area contributed by atoms with E-state index in [9.17, 15) is 13.2 Å².